The Bertz CT molecular complexity index is 456. The molecule has 0 heterocycles. The summed E-state index contributed by atoms with van der Waals surface area (Å²) in [5.74, 6) is -0.923. The van der Waals surface area contributed by atoms with Crippen molar-refractivity contribution in [2.75, 3.05) is 14.2 Å². The van der Waals surface area contributed by atoms with Crippen LogP contribution in [0.3, 0.4) is 0 Å². The Hall–Kier alpha value is -1.00. The van der Waals surface area contributed by atoms with Crippen molar-refractivity contribution in [3.63, 3.8) is 0 Å². The minimum atomic E-state index is -0.807. The van der Waals surface area contributed by atoms with Gasteiger partial charge in [-0.15, -0.1) is 0 Å². The molecule has 1 unspecified atom stereocenters. The molecular weight excluding hydrogens is 260 g/mol. The second-order valence-electron chi connectivity index (χ2n) is 5.82. The molecule has 0 radical (unpaired) electrons. The molecule has 0 bridgehead atoms. The standard InChI is InChI=1S/C16H23F2NO/c1-11-7-9-16(20-3,10-8-11)15(19-2)12-5-4-6-13(17)14(12)18/h4-6,11,15,19H,7-10H2,1-3H3. The summed E-state index contributed by atoms with van der Waals surface area (Å²) in [4.78, 5) is 0. The highest BCUT2D eigenvalue weighted by molar-refractivity contribution is 5.26. The topological polar surface area (TPSA) is 21.3 Å². The molecule has 1 aromatic carbocycles. The third-order valence-corrected chi connectivity index (χ3v) is 4.63. The van der Waals surface area contributed by atoms with Gasteiger partial charge in [0.2, 0.25) is 0 Å². The first kappa shape index (κ1) is 15.4. The van der Waals surface area contributed by atoms with Crippen LogP contribution in [-0.4, -0.2) is 19.8 Å². The number of benzene rings is 1. The molecule has 4 heteroatoms. The van der Waals surface area contributed by atoms with E-state index in [-0.39, 0.29) is 6.04 Å². The van der Waals surface area contributed by atoms with Gasteiger partial charge in [-0.1, -0.05) is 19.1 Å². The molecule has 112 valence electrons. The smallest absolute Gasteiger partial charge is 0.163 e. The van der Waals surface area contributed by atoms with Gasteiger partial charge in [0.15, 0.2) is 11.6 Å². The highest BCUT2D eigenvalue weighted by Gasteiger charge is 2.42. The van der Waals surface area contributed by atoms with Crippen molar-refractivity contribution in [1.29, 1.82) is 0 Å². The van der Waals surface area contributed by atoms with E-state index in [9.17, 15) is 8.78 Å². The Morgan fingerprint density at radius 1 is 1.30 bits per heavy atom. The van der Waals surface area contributed by atoms with Gasteiger partial charge in [-0.05, 0) is 44.7 Å². The Labute approximate surface area is 119 Å². The fraction of sp³-hybridized carbons (Fsp3) is 0.625. The van der Waals surface area contributed by atoms with Gasteiger partial charge >= 0.3 is 0 Å². The molecular formula is C16H23F2NO. The Kier molecular flexibility index (Phi) is 4.76. The van der Waals surface area contributed by atoms with Crippen molar-refractivity contribution >= 4 is 0 Å². The maximum atomic E-state index is 14.1. The van der Waals surface area contributed by atoms with E-state index in [4.69, 9.17) is 4.74 Å². The van der Waals surface area contributed by atoms with Crippen LogP contribution in [0.2, 0.25) is 0 Å². The van der Waals surface area contributed by atoms with E-state index in [1.165, 1.54) is 0 Å². The molecule has 1 fully saturated rings. The van der Waals surface area contributed by atoms with Crippen LogP contribution in [0, 0.1) is 17.6 Å². The molecule has 0 spiro atoms. The number of rotatable bonds is 4. The lowest BCUT2D eigenvalue weighted by molar-refractivity contribution is -0.0752. The predicted molar refractivity (Wildman–Crippen MR) is 75.5 cm³/mol. The Balaban J connectivity index is 2.37. The molecule has 1 aliphatic rings. The van der Waals surface area contributed by atoms with Gasteiger partial charge in [-0.3, -0.25) is 0 Å². The van der Waals surface area contributed by atoms with Crippen molar-refractivity contribution < 1.29 is 13.5 Å². The highest BCUT2D eigenvalue weighted by atomic mass is 19.2. The van der Waals surface area contributed by atoms with Gasteiger partial charge in [0.1, 0.15) is 0 Å². The van der Waals surface area contributed by atoms with E-state index < -0.39 is 17.2 Å². The molecule has 0 aromatic heterocycles. The van der Waals surface area contributed by atoms with E-state index >= 15 is 0 Å². The monoisotopic (exact) mass is 283 g/mol. The first-order chi connectivity index (χ1) is 9.54. The minimum absolute atomic E-state index is 0.337. The third-order valence-electron chi connectivity index (χ3n) is 4.63. The number of ether oxygens (including phenoxy) is 1. The van der Waals surface area contributed by atoms with E-state index in [2.05, 4.69) is 12.2 Å². The van der Waals surface area contributed by atoms with Crippen LogP contribution in [0.25, 0.3) is 0 Å². The summed E-state index contributed by atoms with van der Waals surface area (Å²) in [6.07, 6.45) is 3.80. The van der Waals surface area contributed by atoms with Gasteiger partial charge in [-0.2, -0.15) is 0 Å². The van der Waals surface area contributed by atoms with Gasteiger partial charge in [0.05, 0.1) is 11.6 Å². The number of nitrogens with one attached hydrogen (secondary N) is 1. The second kappa shape index (κ2) is 6.19. The summed E-state index contributed by atoms with van der Waals surface area (Å²) in [5, 5.41) is 3.13. The first-order valence-electron chi connectivity index (χ1n) is 7.20. The van der Waals surface area contributed by atoms with Crippen LogP contribution in [0.15, 0.2) is 18.2 Å². The van der Waals surface area contributed by atoms with Crippen LogP contribution in [0.5, 0.6) is 0 Å². The zero-order chi connectivity index (χ0) is 14.8. The van der Waals surface area contributed by atoms with Crippen LogP contribution >= 0.6 is 0 Å². The molecule has 0 saturated heterocycles. The summed E-state index contributed by atoms with van der Waals surface area (Å²) in [5.41, 5.74) is -0.112. The number of methoxy groups -OCH3 is 1. The molecule has 0 aliphatic heterocycles. The number of hydrogen-bond donors (Lipinski definition) is 1. The average molecular weight is 283 g/mol. The van der Waals surface area contributed by atoms with Crippen molar-refractivity contribution in [3.05, 3.63) is 35.4 Å². The summed E-state index contributed by atoms with van der Waals surface area (Å²) >= 11 is 0. The van der Waals surface area contributed by atoms with Crippen LogP contribution < -0.4 is 5.32 Å². The van der Waals surface area contributed by atoms with E-state index in [1.807, 2.05) is 0 Å². The lowest BCUT2D eigenvalue weighted by atomic mass is 9.73. The van der Waals surface area contributed by atoms with Gasteiger partial charge < -0.3 is 10.1 Å². The number of halogens is 2. The van der Waals surface area contributed by atoms with Crippen LogP contribution in [0.1, 0.15) is 44.2 Å². The van der Waals surface area contributed by atoms with Gasteiger partial charge in [-0.25, -0.2) is 8.78 Å². The number of hydrogen-bond acceptors (Lipinski definition) is 2. The number of likely N-dealkylation sites (N-methyl/N-ethyl adjacent to an activating group) is 1. The summed E-state index contributed by atoms with van der Waals surface area (Å²) in [6.45, 7) is 2.22. The molecule has 20 heavy (non-hydrogen) atoms. The van der Waals surface area contributed by atoms with Gasteiger partial charge in [0, 0.05) is 12.7 Å². The predicted octanol–water partition coefficient (Wildman–Crippen LogP) is 3.82. The van der Waals surface area contributed by atoms with Crippen LogP contribution in [0.4, 0.5) is 8.78 Å². The van der Waals surface area contributed by atoms with Gasteiger partial charge in [0.25, 0.3) is 0 Å². The maximum Gasteiger partial charge on any atom is 0.163 e. The fourth-order valence-electron chi connectivity index (χ4n) is 3.31. The average Bonchev–Trinajstić information content (AvgIpc) is 2.46. The highest BCUT2D eigenvalue weighted by Crippen LogP contribution is 2.43. The summed E-state index contributed by atoms with van der Waals surface area (Å²) < 4.78 is 33.4. The lowest BCUT2D eigenvalue weighted by Gasteiger charge is -2.44. The fourth-order valence-corrected chi connectivity index (χ4v) is 3.31. The van der Waals surface area contributed by atoms with E-state index in [0.717, 1.165) is 31.7 Å². The van der Waals surface area contributed by atoms with Crippen molar-refractivity contribution in [3.8, 4) is 0 Å². The molecule has 2 nitrogen and oxygen atoms in total. The molecule has 2 rings (SSSR count). The Morgan fingerprint density at radius 3 is 2.50 bits per heavy atom. The van der Waals surface area contributed by atoms with Crippen molar-refractivity contribution in [2.24, 2.45) is 5.92 Å². The normalized spacial score (nSPS) is 28.4. The van der Waals surface area contributed by atoms with Crippen molar-refractivity contribution in [1.82, 2.24) is 5.32 Å². The third kappa shape index (κ3) is 2.72. The minimum Gasteiger partial charge on any atom is -0.376 e. The zero-order valence-electron chi connectivity index (χ0n) is 12.4. The zero-order valence-corrected chi connectivity index (χ0v) is 12.4. The van der Waals surface area contributed by atoms with Crippen molar-refractivity contribution in [2.45, 2.75) is 44.2 Å². The molecule has 0 amide bonds. The second-order valence-corrected chi connectivity index (χ2v) is 5.82. The Morgan fingerprint density at radius 2 is 1.95 bits per heavy atom. The SMILES string of the molecule is CNC(c1cccc(F)c1F)C1(OC)CCC(C)CC1. The first-order valence-corrected chi connectivity index (χ1v) is 7.20. The quantitative estimate of drug-likeness (QED) is 0.907. The lowest BCUT2D eigenvalue weighted by Crippen LogP contribution is -2.47. The molecule has 1 atom stereocenters. The summed E-state index contributed by atoms with van der Waals surface area (Å²) in [7, 11) is 3.44. The van der Waals surface area contributed by atoms with Crippen LogP contribution in [-0.2, 0) is 4.74 Å². The molecule has 1 aromatic rings. The van der Waals surface area contributed by atoms with E-state index in [1.54, 1.807) is 26.3 Å². The molecule has 1 aliphatic carbocycles. The maximum absolute atomic E-state index is 14.1. The van der Waals surface area contributed by atoms with E-state index in [0.29, 0.717) is 11.5 Å². The molecule has 1 N–H and O–H groups in total. The largest absolute Gasteiger partial charge is 0.376 e. The summed E-state index contributed by atoms with van der Waals surface area (Å²) in [6, 6.07) is 4.00. The molecule has 1 saturated carbocycles.